The highest BCUT2D eigenvalue weighted by Gasteiger charge is 2.55. The molecule has 2 aromatic carbocycles. The average molecular weight is 477 g/mol. The maximum absolute atomic E-state index is 13.1. The fourth-order valence-corrected chi connectivity index (χ4v) is 3.97. The average Bonchev–Trinajstić information content (AvgIpc) is 2.87. The van der Waals surface area contributed by atoms with E-state index in [4.69, 9.17) is 4.74 Å². The van der Waals surface area contributed by atoms with E-state index in [0.717, 1.165) is 8.47 Å². The molecule has 7 nitrogen and oxygen atoms in total. The fraction of sp³-hybridized carbons (Fsp3) is 0.211. The molecule has 2 aliphatic rings. The first-order chi connectivity index (χ1) is 13.0. The van der Waals surface area contributed by atoms with Crippen molar-refractivity contribution in [2.24, 2.45) is 0 Å². The van der Waals surface area contributed by atoms with Gasteiger partial charge in [0.2, 0.25) is 5.91 Å². The second-order valence-corrected chi connectivity index (χ2v) is 7.63. The number of para-hydroxylation sites is 1. The number of rotatable bonds is 3. The molecule has 1 unspecified atom stereocenters. The molecule has 2 aliphatic heterocycles. The molecule has 2 heterocycles. The van der Waals surface area contributed by atoms with Crippen molar-refractivity contribution < 1.29 is 19.1 Å². The second-order valence-electron chi connectivity index (χ2n) is 6.38. The molecule has 0 aromatic heterocycles. The van der Waals surface area contributed by atoms with Crippen molar-refractivity contribution in [3.63, 3.8) is 0 Å². The maximum atomic E-state index is 13.1. The number of urea groups is 1. The van der Waals surface area contributed by atoms with Crippen LogP contribution >= 0.6 is 22.6 Å². The third-order valence-corrected chi connectivity index (χ3v) is 5.34. The van der Waals surface area contributed by atoms with Gasteiger partial charge in [0.15, 0.2) is 5.54 Å². The topological polar surface area (TPSA) is 87.7 Å². The highest BCUT2D eigenvalue weighted by atomic mass is 127. The number of nitrogens with one attached hydrogen (secondary N) is 2. The normalized spacial score (nSPS) is 20.9. The Kier molecular flexibility index (Phi) is 4.50. The van der Waals surface area contributed by atoms with Crippen LogP contribution in [-0.4, -0.2) is 35.9 Å². The smallest absolute Gasteiger partial charge is 0.325 e. The number of benzene rings is 2. The van der Waals surface area contributed by atoms with Gasteiger partial charge in [0.25, 0.3) is 5.91 Å². The molecule has 1 spiro atoms. The van der Waals surface area contributed by atoms with Crippen molar-refractivity contribution in [1.29, 1.82) is 0 Å². The van der Waals surface area contributed by atoms with Gasteiger partial charge in [-0.05, 0) is 46.9 Å². The maximum Gasteiger partial charge on any atom is 0.325 e. The lowest BCUT2D eigenvalue weighted by molar-refractivity contribution is -0.135. The molecule has 2 N–H and O–H groups in total. The van der Waals surface area contributed by atoms with E-state index < -0.39 is 23.4 Å². The third-order valence-electron chi connectivity index (χ3n) is 4.67. The number of carbonyl (C=O) groups excluding carboxylic acids is 3. The zero-order chi connectivity index (χ0) is 19.0. The second kappa shape index (κ2) is 6.84. The molecule has 8 heteroatoms. The number of hydrogen-bond acceptors (Lipinski definition) is 4. The zero-order valence-electron chi connectivity index (χ0n) is 14.2. The SMILES string of the molecule is O=C(CN1C(=O)NC2(CCOc3ccccc32)C1=O)Nc1cccc(I)c1. The number of fused-ring (bicyclic) bond motifs is 2. The fourth-order valence-electron chi connectivity index (χ4n) is 3.43. The van der Waals surface area contributed by atoms with Gasteiger partial charge in [-0.2, -0.15) is 0 Å². The largest absolute Gasteiger partial charge is 0.493 e. The van der Waals surface area contributed by atoms with Crippen molar-refractivity contribution in [2.75, 3.05) is 18.5 Å². The molecule has 4 rings (SSSR count). The van der Waals surface area contributed by atoms with E-state index in [1.807, 2.05) is 18.2 Å². The lowest BCUT2D eigenvalue weighted by atomic mass is 9.84. The Labute approximate surface area is 169 Å². The minimum atomic E-state index is -1.17. The molecule has 2 aromatic rings. The first kappa shape index (κ1) is 17.8. The summed E-state index contributed by atoms with van der Waals surface area (Å²) < 4.78 is 6.57. The van der Waals surface area contributed by atoms with Gasteiger partial charge in [-0.25, -0.2) is 4.79 Å². The molecular formula is C19H16IN3O4. The first-order valence-electron chi connectivity index (χ1n) is 8.41. The minimum Gasteiger partial charge on any atom is -0.493 e. The summed E-state index contributed by atoms with van der Waals surface area (Å²) in [4.78, 5) is 38.9. The van der Waals surface area contributed by atoms with Crippen LogP contribution in [0.5, 0.6) is 5.75 Å². The van der Waals surface area contributed by atoms with Gasteiger partial charge in [-0.1, -0.05) is 24.3 Å². The molecule has 138 valence electrons. The van der Waals surface area contributed by atoms with Crippen LogP contribution in [0.1, 0.15) is 12.0 Å². The number of ether oxygens (including phenoxy) is 1. The highest BCUT2D eigenvalue weighted by Crippen LogP contribution is 2.40. The van der Waals surface area contributed by atoms with Gasteiger partial charge >= 0.3 is 6.03 Å². The van der Waals surface area contributed by atoms with E-state index in [1.165, 1.54) is 0 Å². The Balaban J connectivity index is 1.55. The highest BCUT2D eigenvalue weighted by molar-refractivity contribution is 14.1. The molecule has 1 fully saturated rings. The molecule has 0 saturated carbocycles. The summed E-state index contributed by atoms with van der Waals surface area (Å²) in [6.45, 7) is -0.0353. The van der Waals surface area contributed by atoms with E-state index in [9.17, 15) is 14.4 Å². The van der Waals surface area contributed by atoms with Crippen molar-refractivity contribution in [3.05, 3.63) is 57.7 Å². The Morgan fingerprint density at radius 3 is 2.85 bits per heavy atom. The van der Waals surface area contributed by atoms with E-state index in [2.05, 4.69) is 33.2 Å². The molecule has 4 amide bonds. The van der Waals surface area contributed by atoms with Crippen molar-refractivity contribution in [3.8, 4) is 5.75 Å². The van der Waals surface area contributed by atoms with Crippen LogP contribution in [0.3, 0.4) is 0 Å². The summed E-state index contributed by atoms with van der Waals surface area (Å²) in [5, 5.41) is 5.50. The third kappa shape index (κ3) is 3.14. The molecule has 0 aliphatic carbocycles. The van der Waals surface area contributed by atoms with E-state index in [0.29, 0.717) is 30.0 Å². The monoisotopic (exact) mass is 477 g/mol. The summed E-state index contributed by atoms with van der Waals surface area (Å²) in [5.41, 5.74) is 0.0640. The van der Waals surface area contributed by atoms with Gasteiger partial charge in [-0.3, -0.25) is 14.5 Å². The van der Waals surface area contributed by atoms with Crippen LogP contribution in [0.25, 0.3) is 0 Å². The number of carbonyl (C=O) groups is 3. The summed E-state index contributed by atoms with van der Waals surface area (Å²) >= 11 is 2.14. The van der Waals surface area contributed by atoms with Crippen molar-refractivity contribution in [1.82, 2.24) is 10.2 Å². The summed E-state index contributed by atoms with van der Waals surface area (Å²) in [7, 11) is 0. The predicted octanol–water partition coefficient (Wildman–Crippen LogP) is 2.46. The molecule has 1 saturated heterocycles. The van der Waals surface area contributed by atoms with Crippen molar-refractivity contribution >= 4 is 46.1 Å². The molecule has 27 heavy (non-hydrogen) atoms. The van der Waals surface area contributed by atoms with Gasteiger partial charge < -0.3 is 15.4 Å². The number of halogens is 1. The predicted molar refractivity (Wildman–Crippen MR) is 106 cm³/mol. The number of anilines is 1. The minimum absolute atomic E-state index is 0.311. The Hall–Kier alpha value is -2.62. The van der Waals surface area contributed by atoms with Crippen LogP contribution in [0.4, 0.5) is 10.5 Å². The van der Waals surface area contributed by atoms with E-state index >= 15 is 0 Å². The summed E-state index contributed by atoms with van der Waals surface area (Å²) in [5.74, 6) is -0.290. The van der Waals surface area contributed by atoms with Gasteiger partial charge in [0, 0.05) is 21.2 Å². The van der Waals surface area contributed by atoms with Crippen LogP contribution in [0.15, 0.2) is 48.5 Å². The molecule has 0 radical (unpaired) electrons. The van der Waals surface area contributed by atoms with Crippen LogP contribution < -0.4 is 15.4 Å². The van der Waals surface area contributed by atoms with Crippen LogP contribution in [-0.2, 0) is 15.1 Å². The Morgan fingerprint density at radius 2 is 2.04 bits per heavy atom. The Morgan fingerprint density at radius 1 is 1.22 bits per heavy atom. The molecule has 0 bridgehead atoms. The lowest BCUT2D eigenvalue weighted by Crippen LogP contribution is -2.48. The van der Waals surface area contributed by atoms with E-state index in [-0.39, 0.29) is 6.54 Å². The van der Waals surface area contributed by atoms with E-state index in [1.54, 1.807) is 30.3 Å². The lowest BCUT2D eigenvalue weighted by Gasteiger charge is -2.33. The zero-order valence-corrected chi connectivity index (χ0v) is 16.4. The molecular weight excluding hydrogens is 461 g/mol. The number of nitrogens with zero attached hydrogens (tertiary/aromatic N) is 1. The number of imide groups is 1. The standard InChI is InChI=1S/C19H16IN3O4/c20-12-4-3-5-13(10-12)21-16(24)11-23-17(25)19(22-18(23)26)8-9-27-15-7-2-1-6-14(15)19/h1-7,10H,8-9,11H2,(H,21,24)(H,22,26). The number of amides is 4. The summed E-state index contributed by atoms with van der Waals surface area (Å²) in [6.07, 6.45) is 0.323. The Bertz CT molecular complexity index is 948. The van der Waals surface area contributed by atoms with Crippen LogP contribution in [0.2, 0.25) is 0 Å². The van der Waals surface area contributed by atoms with Crippen LogP contribution in [0, 0.1) is 3.57 Å². The van der Waals surface area contributed by atoms with Gasteiger partial charge in [0.1, 0.15) is 12.3 Å². The van der Waals surface area contributed by atoms with Crippen molar-refractivity contribution in [2.45, 2.75) is 12.0 Å². The quantitative estimate of drug-likeness (QED) is 0.526. The first-order valence-corrected chi connectivity index (χ1v) is 9.49. The van der Waals surface area contributed by atoms with Gasteiger partial charge in [0.05, 0.1) is 6.61 Å². The number of hydrogen-bond donors (Lipinski definition) is 2. The molecule has 1 atom stereocenters. The summed E-state index contributed by atoms with van der Waals surface area (Å²) in [6, 6.07) is 13.8. The van der Waals surface area contributed by atoms with Gasteiger partial charge in [-0.15, -0.1) is 0 Å².